The molecule has 0 spiro atoms. The summed E-state index contributed by atoms with van der Waals surface area (Å²) in [4.78, 5) is 25.5. The molecule has 0 aromatic heterocycles. The van der Waals surface area contributed by atoms with Crippen molar-refractivity contribution in [1.29, 1.82) is 0 Å². The van der Waals surface area contributed by atoms with Crippen LogP contribution in [0.1, 0.15) is 39.1 Å². The lowest BCUT2D eigenvalue weighted by Gasteiger charge is -2.17. The summed E-state index contributed by atoms with van der Waals surface area (Å²) in [7, 11) is -2.10. The Kier molecular flexibility index (Phi) is 7.42. The fourth-order valence-corrected chi connectivity index (χ4v) is 4.97. The summed E-state index contributed by atoms with van der Waals surface area (Å²) in [5, 5.41) is 5.47. The van der Waals surface area contributed by atoms with Crippen LogP contribution >= 0.6 is 0 Å². The highest BCUT2D eigenvalue weighted by molar-refractivity contribution is 7.89. The SMILES string of the molecule is COCCNC(=O)c1ccccc1NC(=O)c1cc(S(=O)(=O)N2CCCC2)ccc1C. The number of ether oxygens (including phenoxy) is 1. The molecule has 9 heteroatoms. The number of carbonyl (C=O) groups is 2. The number of carbonyl (C=O) groups excluding carboxylic acids is 2. The van der Waals surface area contributed by atoms with E-state index in [1.165, 1.54) is 16.4 Å². The molecule has 0 atom stereocenters. The van der Waals surface area contributed by atoms with E-state index in [0.717, 1.165) is 12.8 Å². The van der Waals surface area contributed by atoms with Crippen LogP contribution in [0, 0.1) is 6.92 Å². The Labute approximate surface area is 182 Å². The largest absolute Gasteiger partial charge is 0.383 e. The summed E-state index contributed by atoms with van der Waals surface area (Å²) < 4.78 is 32.1. The minimum absolute atomic E-state index is 0.0933. The van der Waals surface area contributed by atoms with Crippen LogP contribution in [0.3, 0.4) is 0 Å². The van der Waals surface area contributed by atoms with Crippen molar-refractivity contribution in [3.63, 3.8) is 0 Å². The highest BCUT2D eigenvalue weighted by atomic mass is 32.2. The molecular weight excluding hydrogens is 418 g/mol. The second-order valence-electron chi connectivity index (χ2n) is 7.34. The highest BCUT2D eigenvalue weighted by Gasteiger charge is 2.28. The van der Waals surface area contributed by atoms with Crippen molar-refractivity contribution in [3.8, 4) is 0 Å². The topological polar surface area (TPSA) is 105 Å². The van der Waals surface area contributed by atoms with Gasteiger partial charge in [0.1, 0.15) is 0 Å². The fourth-order valence-electron chi connectivity index (χ4n) is 3.43. The summed E-state index contributed by atoms with van der Waals surface area (Å²) in [5.41, 5.74) is 1.54. The number of sulfonamides is 1. The maximum absolute atomic E-state index is 13.0. The second-order valence-corrected chi connectivity index (χ2v) is 9.27. The van der Waals surface area contributed by atoms with Crippen molar-refractivity contribution in [2.24, 2.45) is 0 Å². The molecule has 1 fully saturated rings. The summed E-state index contributed by atoms with van der Waals surface area (Å²) in [6.45, 7) is 3.43. The Bertz CT molecular complexity index is 1060. The normalized spacial score (nSPS) is 14.4. The van der Waals surface area contributed by atoms with E-state index in [4.69, 9.17) is 4.74 Å². The molecule has 0 saturated carbocycles. The number of amides is 2. The number of hydrogen-bond donors (Lipinski definition) is 2. The third-order valence-corrected chi connectivity index (χ3v) is 7.06. The Morgan fingerprint density at radius 1 is 1.03 bits per heavy atom. The van der Waals surface area contributed by atoms with Gasteiger partial charge in [0.2, 0.25) is 10.0 Å². The summed E-state index contributed by atoms with van der Waals surface area (Å²) >= 11 is 0. The van der Waals surface area contributed by atoms with Gasteiger partial charge in [-0.1, -0.05) is 18.2 Å². The number of para-hydroxylation sites is 1. The molecule has 8 nitrogen and oxygen atoms in total. The van der Waals surface area contributed by atoms with Gasteiger partial charge in [-0.3, -0.25) is 9.59 Å². The van der Waals surface area contributed by atoms with Gasteiger partial charge in [-0.15, -0.1) is 0 Å². The second kappa shape index (κ2) is 10.0. The number of anilines is 1. The van der Waals surface area contributed by atoms with Gasteiger partial charge >= 0.3 is 0 Å². The first-order valence-electron chi connectivity index (χ1n) is 10.1. The monoisotopic (exact) mass is 445 g/mol. The number of methoxy groups -OCH3 is 1. The molecule has 2 N–H and O–H groups in total. The molecule has 1 aliphatic heterocycles. The van der Waals surface area contributed by atoms with Crippen molar-refractivity contribution in [2.75, 3.05) is 38.7 Å². The predicted octanol–water partition coefficient (Wildman–Crippen LogP) is 2.41. The number of benzene rings is 2. The minimum Gasteiger partial charge on any atom is -0.383 e. The van der Waals surface area contributed by atoms with Gasteiger partial charge in [-0.2, -0.15) is 4.31 Å². The molecular formula is C22H27N3O5S. The van der Waals surface area contributed by atoms with Gasteiger partial charge in [0, 0.05) is 32.3 Å². The van der Waals surface area contributed by atoms with E-state index < -0.39 is 15.9 Å². The zero-order valence-corrected chi connectivity index (χ0v) is 18.5. The van der Waals surface area contributed by atoms with E-state index in [1.807, 2.05) is 0 Å². The lowest BCUT2D eigenvalue weighted by molar-refractivity contribution is 0.0938. The third kappa shape index (κ3) is 5.30. The van der Waals surface area contributed by atoms with Gasteiger partial charge in [0.15, 0.2) is 0 Å². The molecule has 0 radical (unpaired) electrons. The fraction of sp³-hybridized carbons (Fsp3) is 0.364. The van der Waals surface area contributed by atoms with Crippen molar-refractivity contribution in [3.05, 3.63) is 59.2 Å². The molecule has 31 heavy (non-hydrogen) atoms. The predicted molar refractivity (Wildman–Crippen MR) is 118 cm³/mol. The molecule has 1 heterocycles. The number of hydrogen-bond acceptors (Lipinski definition) is 5. The standard InChI is InChI=1S/C22H27N3O5S/c1-16-9-10-17(31(28,29)25-12-5-6-13-25)15-19(16)22(27)24-20-8-4-3-7-18(20)21(26)23-11-14-30-2/h3-4,7-10,15H,5-6,11-14H2,1-2H3,(H,23,26)(H,24,27). The maximum Gasteiger partial charge on any atom is 0.255 e. The van der Waals surface area contributed by atoms with Crippen LogP contribution < -0.4 is 10.6 Å². The van der Waals surface area contributed by atoms with Crippen molar-refractivity contribution >= 4 is 27.5 Å². The van der Waals surface area contributed by atoms with Crippen LogP contribution in [0.4, 0.5) is 5.69 Å². The molecule has 0 unspecified atom stereocenters. The van der Waals surface area contributed by atoms with Crippen LogP contribution in [-0.4, -0.2) is 57.9 Å². The maximum atomic E-state index is 13.0. The molecule has 1 saturated heterocycles. The van der Waals surface area contributed by atoms with E-state index in [-0.39, 0.29) is 16.4 Å². The third-order valence-electron chi connectivity index (χ3n) is 5.17. The quantitative estimate of drug-likeness (QED) is 0.607. The average Bonchev–Trinajstić information content (AvgIpc) is 3.30. The number of aryl methyl sites for hydroxylation is 1. The first-order valence-corrected chi connectivity index (χ1v) is 11.6. The molecule has 1 aliphatic rings. The van der Waals surface area contributed by atoms with Crippen LogP contribution in [0.5, 0.6) is 0 Å². The van der Waals surface area contributed by atoms with Crippen LogP contribution in [-0.2, 0) is 14.8 Å². The Hall–Kier alpha value is -2.75. The van der Waals surface area contributed by atoms with E-state index in [9.17, 15) is 18.0 Å². The molecule has 2 aromatic rings. The van der Waals surface area contributed by atoms with E-state index in [2.05, 4.69) is 10.6 Å². The van der Waals surface area contributed by atoms with Crippen molar-refractivity contribution < 1.29 is 22.7 Å². The lowest BCUT2D eigenvalue weighted by atomic mass is 10.1. The minimum atomic E-state index is -3.64. The van der Waals surface area contributed by atoms with Crippen molar-refractivity contribution in [1.82, 2.24) is 9.62 Å². The smallest absolute Gasteiger partial charge is 0.255 e. The van der Waals surface area contributed by atoms with Crippen LogP contribution in [0.25, 0.3) is 0 Å². The molecule has 3 rings (SSSR count). The van der Waals surface area contributed by atoms with Crippen molar-refractivity contribution in [2.45, 2.75) is 24.7 Å². The summed E-state index contributed by atoms with van der Waals surface area (Å²) in [6.07, 6.45) is 1.67. The van der Waals surface area contributed by atoms with Gasteiger partial charge in [0.05, 0.1) is 22.8 Å². The first kappa shape index (κ1) is 22.9. The van der Waals surface area contributed by atoms with Gasteiger partial charge in [0.25, 0.3) is 11.8 Å². The molecule has 0 aliphatic carbocycles. The summed E-state index contributed by atoms with van der Waals surface area (Å²) in [5.74, 6) is -0.817. The summed E-state index contributed by atoms with van der Waals surface area (Å²) in [6, 6.07) is 11.2. The first-order chi connectivity index (χ1) is 14.8. The number of nitrogens with one attached hydrogen (secondary N) is 2. The number of rotatable bonds is 8. The Balaban J connectivity index is 1.84. The van der Waals surface area contributed by atoms with Gasteiger partial charge < -0.3 is 15.4 Å². The molecule has 166 valence electrons. The molecule has 2 aromatic carbocycles. The lowest BCUT2D eigenvalue weighted by Crippen LogP contribution is -2.29. The zero-order valence-electron chi connectivity index (χ0n) is 17.7. The van der Waals surface area contributed by atoms with E-state index >= 15 is 0 Å². The molecule has 0 bridgehead atoms. The van der Waals surface area contributed by atoms with E-state index in [0.29, 0.717) is 43.1 Å². The van der Waals surface area contributed by atoms with Gasteiger partial charge in [-0.25, -0.2) is 8.42 Å². The average molecular weight is 446 g/mol. The highest BCUT2D eigenvalue weighted by Crippen LogP contribution is 2.24. The van der Waals surface area contributed by atoms with Crippen LogP contribution in [0.15, 0.2) is 47.4 Å². The Morgan fingerprint density at radius 3 is 2.45 bits per heavy atom. The van der Waals surface area contributed by atoms with E-state index in [1.54, 1.807) is 44.4 Å². The van der Waals surface area contributed by atoms with Crippen LogP contribution in [0.2, 0.25) is 0 Å². The molecule has 2 amide bonds. The number of nitrogens with zero attached hydrogens (tertiary/aromatic N) is 1. The Morgan fingerprint density at radius 2 is 1.74 bits per heavy atom. The van der Waals surface area contributed by atoms with Gasteiger partial charge in [-0.05, 0) is 49.6 Å². The zero-order chi connectivity index (χ0) is 22.4.